The second kappa shape index (κ2) is 8.08. The Hall–Kier alpha value is -2.49. The molecule has 0 saturated carbocycles. The number of nitrogens with one attached hydrogen (secondary N) is 1. The Morgan fingerprint density at radius 1 is 1.09 bits per heavy atom. The van der Waals surface area contributed by atoms with Crippen LogP contribution in [0.4, 0.5) is 17.1 Å². The first-order valence-corrected chi connectivity index (χ1v) is 7.28. The quantitative estimate of drug-likeness (QED) is 0.440. The molecule has 0 radical (unpaired) electrons. The molecule has 4 N–H and O–H groups in total. The number of benzene rings is 2. The van der Waals surface area contributed by atoms with E-state index in [1.807, 2.05) is 48.5 Å². The smallest absolute Gasteiger partial charge is 0.215 e. The monoisotopic (exact) mass is 325 g/mol. The molecule has 0 aliphatic rings. The highest BCUT2D eigenvalue weighted by molar-refractivity contribution is 7.79. The average Bonchev–Trinajstić information content (AvgIpc) is 2.47. The molecule has 0 aliphatic heterocycles. The number of anilines is 2. The molecule has 0 heterocycles. The minimum atomic E-state index is -4.92. The summed E-state index contributed by atoms with van der Waals surface area (Å²) in [5, 5.41) is 6.87. The molecule has 0 atom stereocenters. The predicted molar refractivity (Wildman–Crippen MR) is 79.1 cm³/mol. The lowest BCUT2D eigenvalue weighted by Gasteiger charge is -2.07. The summed E-state index contributed by atoms with van der Waals surface area (Å²) >= 11 is 0. The summed E-state index contributed by atoms with van der Waals surface area (Å²) in [6.07, 6.45) is 0. The maximum absolute atomic E-state index is 8.63. The van der Waals surface area contributed by atoms with Crippen molar-refractivity contribution in [1.29, 1.82) is 0 Å². The topological polar surface area (TPSA) is 137 Å². The van der Waals surface area contributed by atoms with E-state index in [1.54, 1.807) is 7.11 Å². The van der Waals surface area contributed by atoms with Gasteiger partial charge < -0.3 is 14.6 Å². The van der Waals surface area contributed by atoms with E-state index in [9.17, 15) is 0 Å². The van der Waals surface area contributed by atoms with Gasteiger partial charge in [-0.05, 0) is 53.6 Å². The molecule has 2 rings (SSSR count). The molecule has 0 aromatic heterocycles. The van der Waals surface area contributed by atoms with E-state index in [2.05, 4.69) is 10.4 Å². The van der Waals surface area contributed by atoms with E-state index in [0.717, 1.165) is 22.8 Å². The largest absolute Gasteiger partial charge is 0.726 e. The van der Waals surface area contributed by atoms with Gasteiger partial charge in [-0.15, -0.1) is 0 Å². The Balaban J connectivity index is 0.000000422. The molecule has 118 valence electrons. The SMILES string of the molecule is COc1ccc(Nc2ccc(N=[NH2+])cc2)cc1.O=S(=O)([O-])O. The van der Waals surface area contributed by atoms with Crippen LogP contribution in [-0.4, -0.2) is 24.6 Å². The Morgan fingerprint density at radius 3 is 1.86 bits per heavy atom. The fraction of sp³-hybridized carbons (Fsp3) is 0.0769. The lowest BCUT2D eigenvalue weighted by molar-refractivity contribution is -0.210. The van der Waals surface area contributed by atoms with Crippen LogP contribution in [0.25, 0.3) is 0 Å². The zero-order chi connectivity index (χ0) is 16.6. The van der Waals surface area contributed by atoms with Crippen molar-refractivity contribution in [3.8, 4) is 5.75 Å². The van der Waals surface area contributed by atoms with Crippen molar-refractivity contribution in [2.24, 2.45) is 5.11 Å². The zero-order valence-electron chi connectivity index (χ0n) is 11.6. The van der Waals surface area contributed by atoms with Gasteiger partial charge in [0, 0.05) is 11.4 Å². The first-order valence-electron chi connectivity index (χ1n) is 5.92. The molecule has 0 bridgehead atoms. The van der Waals surface area contributed by atoms with Crippen LogP contribution in [0.5, 0.6) is 5.75 Å². The lowest BCUT2D eigenvalue weighted by Crippen LogP contribution is -2.21. The second-order valence-electron chi connectivity index (χ2n) is 3.96. The van der Waals surface area contributed by atoms with E-state index in [4.69, 9.17) is 27.8 Å². The lowest BCUT2D eigenvalue weighted by atomic mass is 10.2. The highest BCUT2D eigenvalue weighted by atomic mass is 32.3. The second-order valence-corrected chi connectivity index (χ2v) is 4.81. The maximum Gasteiger partial charge on any atom is 0.215 e. The summed E-state index contributed by atoms with van der Waals surface area (Å²) in [6.45, 7) is 0. The van der Waals surface area contributed by atoms with E-state index >= 15 is 0 Å². The molecule has 2 aromatic carbocycles. The maximum atomic E-state index is 8.63. The first-order chi connectivity index (χ1) is 10.3. The number of hydrogen-bond donors (Lipinski definition) is 3. The summed E-state index contributed by atoms with van der Waals surface area (Å²) < 4.78 is 37.9. The van der Waals surface area contributed by atoms with Gasteiger partial charge in [0.1, 0.15) is 11.4 Å². The van der Waals surface area contributed by atoms with Crippen molar-refractivity contribution < 1.29 is 27.8 Å². The first kappa shape index (κ1) is 17.6. The van der Waals surface area contributed by atoms with Gasteiger partial charge in [0.25, 0.3) is 0 Å². The van der Waals surface area contributed by atoms with Gasteiger partial charge in [-0.25, -0.2) is 8.42 Å². The van der Waals surface area contributed by atoms with Crippen LogP contribution < -0.4 is 15.6 Å². The van der Waals surface area contributed by atoms with E-state index in [0.29, 0.717) is 0 Å². The van der Waals surface area contributed by atoms with Crippen molar-refractivity contribution in [3.63, 3.8) is 0 Å². The van der Waals surface area contributed by atoms with Crippen LogP contribution in [0.2, 0.25) is 0 Å². The summed E-state index contributed by atoms with van der Waals surface area (Å²) in [7, 11) is -3.27. The van der Waals surface area contributed by atoms with Crippen LogP contribution in [0.1, 0.15) is 0 Å². The fourth-order valence-electron chi connectivity index (χ4n) is 1.47. The Bertz CT molecular complexity index is 691. The third-order valence-corrected chi connectivity index (χ3v) is 2.40. The van der Waals surface area contributed by atoms with Crippen LogP contribution in [0.3, 0.4) is 0 Å². The van der Waals surface area contributed by atoms with Crippen LogP contribution in [0, 0.1) is 0 Å². The standard InChI is InChI=1S/C13H13N3O.H2O4S/c1-17-13-8-6-11(7-9-13)15-10-2-4-12(16-14)5-3-10;1-5(2,3)4/h2-9,14-15H,1H3;(H2,1,2,3,4). The molecule has 8 nitrogen and oxygen atoms in total. The third-order valence-electron chi connectivity index (χ3n) is 2.40. The minimum absolute atomic E-state index is 0.755. The fourth-order valence-corrected chi connectivity index (χ4v) is 1.47. The van der Waals surface area contributed by atoms with Crippen molar-refractivity contribution in [2.75, 3.05) is 12.4 Å². The molecule has 9 heteroatoms. The van der Waals surface area contributed by atoms with Gasteiger partial charge in [0.05, 0.1) is 7.11 Å². The minimum Gasteiger partial charge on any atom is -0.726 e. The summed E-state index contributed by atoms with van der Waals surface area (Å²) in [5.41, 5.74) is 7.92. The van der Waals surface area contributed by atoms with E-state index in [-0.39, 0.29) is 0 Å². The van der Waals surface area contributed by atoms with Crippen molar-refractivity contribution in [3.05, 3.63) is 48.5 Å². The van der Waals surface area contributed by atoms with Gasteiger partial charge in [-0.1, -0.05) is 0 Å². The Morgan fingerprint density at radius 2 is 1.50 bits per heavy atom. The van der Waals surface area contributed by atoms with E-state index < -0.39 is 10.4 Å². The number of rotatable bonds is 4. The molecule has 22 heavy (non-hydrogen) atoms. The molecule has 0 aliphatic carbocycles. The van der Waals surface area contributed by atoms with Gasteiger partial charge >= 0.3 is 0 Å². The number of ether oxygens (including phenoxy) is 1. The van der Waals surface area contributed by atoms with Crippen LogP contribution in [0.15, 0.2) is 53.6 Å². The van der Waals surface area contributed by atoms with Crippen molar-refractivity contribution in [1.82, 2.24) is 0 Å². The highest BCUT2D eigenvalue weighted by Gasteiger charge is 1.96. The molecule has 2 aromatic rings. The molecular formula is C13H15N3O5S. The van der Waals surface area contributed by atoms with Gasteiger partial charge in [0.15, 0.2) is 0 Å². The predicted octanol–water partition coefficient (Wildman–Crippen LogP) is 1.29. The highest BCUT2D eigenvalue weighted by Crippen LogP contribution is 2.21. The number of hydrogen-bond acceptors (Lipinski definition) is 6. The molecular weight excluding hydrogens is 310 g/mol. The molecule has 0 spiro atoms. The third kappa shape index (κ3) is 7.33. The van der Waals surface area contributed by atoms with Gasteiger partial charge in [0.2, 0.25) is 10.4 Å². The normalized spacial score (nSPS) is 10.1. The summed E-state index contributed by atoms with van der Waals surface area (Å²) in [6, 6.07) is 15.3. The number of methoxy groups -OCH3 is 1. The Labute approximate surface area is 127 Å². The molecule has 0 amide bonds. The number of nitrogens with zero attached hydrogens (tertiary/aromatic N) is 1. The van der Waals surface area contributed by atoms with Crippen molar-refractivity contribution in [2.45, 2.75) is 0 Å². The van der Waals surface area contributed by atoms with Crippen LogP contribution in [-0.2, 0) is 10.4 Å². The summed E-state index contributed by atoms with van der Waals surface area (Å²) in [5.74, 6) is 0.841. The van der Waals surface area contributed by atoms with Gasteiger partial charge in [-0.3, -0.25) is 4.55 Å². The molecule has 0 saturated heterocycles. The zero-order valence-corrected chi connectivity index (χ0v) is 12.4. The van der Waals surface area contributed by atoms with Crippen LogP contribution >= 0.6 is 0 Å². The Kier molecular flexibility index (Phi) is 6.45. The number of nitrogens with two attached hydrogens (primary N) is 1. The van der Waals surface area contributed by atoms with Gasteiger partial charge in [-0.2, -0.15) is 5.53 Å². The summed E-state index contributed by atoms with van der Waals surface area (Å²) in [4.78, 5) is 0. The molecule has 0 fully saturated rings. The van der Waals surface area contributed by atoms with Crippen molar-refractivity contribution >= 4 is 27.5 Å². The van der Waals surface area contributed by atoms with E-state index in [1.165, 1.54) is 0 Å². The average molecular weight is 325 g/mol. The molecule has 0 unspecified atom stereocenters.